The normalized spacial score (nSPS) is 12.9. The largest absolute Gasteiger partial charge is 0.508 e. The summed E-state index contributed by atoms with van der Waals surface area (Å²) in [5.74, 6) is 0.294. The highest BCUT2D eigenvalue weighted by molar-refractivity contribution is 5.37. The predicted octanol–water partition coefficient (Wildman–Crippen LogP) is 1.97. The van der Waals surface area contributed by atoms with E-state index in [0.717, 1.165) is 12.0 Å². The van der Waals surface area contributed by atoms with Crippen LogP contribution in [-0.4, -0.2) is 5.11 Å². The number of aromatic hydroxyl groups is 1. The van der Waals surface area contributed by atoms with Gasteiger partial charge in [0.2, 0.25) is 0 Å². The molecule has 66 valence electrons. The second-order valence-electron chi connectivity index (χ2n) is 3.04. The molecule has 0 amide bonds. The highest BCUT2D eigenvalue weighted by Gasteiger charge is 2.05. The average Bonchev–Trinajstić information content (AvgIpc) is 2.05. The quantitative estimate of drug-likeness (QED) is 0.703. The number of phenols is 1. The molecule has 0 aliphatic heterocycles. The van der Waals surface area contributed by atoms with Gasteiger partial charge in [-0.1, -0.05) is 19.1 Å². The molecule has 2 nitrogen and oxygen atoms in total. The van der Waals surface area contributed by atoms with Crippen LogP contribution in [0.5, 0.6) is 5.75 Å². The molecule has 12 heavy (non-hydrogen) atoms. The first-order valence-corrected chi connectivity index (χ1v) is 4.22. The summed E-state index contributed by atoms with van der Waals surface area (Å²) in [7, 11) is 0. The average molecular weight is 165 g/mol. The monoisotopic (exact) mass is 165 g/mol. The Morgan fingerprint density at radius 3 is 2.67 bits per heavy atom. The van der Waals surface area contributed by atoms with E-state index in [-0.39, 0.29) is 6.04 Å². The van der Waals surface area contributed by atoms with E-state index in [4.69, 9.17) is 5.73 Å². The van der Waals surface area contributed by atoms with Crippen molar-refractivity contribution in [3.8, 4) is 5.75 Å². The number of phenolic OH excluding ortho intramolecular Hbond substituents is 1. The summed E-state index contributed by atoms with van der Waals surface area (Å²) < 4.78 is 0. The molecule has 0 heterocycles. The molecule has 0 saturated carbocycles. The van der Waals surface area contributed by atoms with E-state index < -0.39 is 0 Å². The fraction of sp³-hybridized carbons (Fsp3) is 0.400. The van der Waals surface area contributed by atoms with Gasteiger partial charge in [0.15, 0.2) is 0 Å². The highest BCUT2D eigenvalue weighted by Crippen LogP contribution is 2.23. The summed E-state index contributed by atoms with van der Waals surface area (Å²) in [5, 5.41) is 9.42. The van der Waals surface area contributed by atoms with Gasteiger partial charge in [-0.15, -0.1) is 0 Å². The molecule has 1 aromatic rings. The number of rotatable bonds is 2. The summed E-state index contributed by atoms with van der Waals surface area (Å²) in [6.07, 6.45) is 0.972. The van der Waals surface area contributed by atoms with Gasteiger partial charge in [-0.05, 0) is 25.0 Å². The lowest BCUT2D eigenvalue weighted by molar-refractivity contribution is 0.463. The molecule has 0 aliphatic rings. The summed E-state index contributed by atoms with van der Waals surface area (Å²) >= 11 is 0. The fourth-order valence-electron chi connectivity index (χ4n) is 1.19. The van der Waals surface area contributed by atoms with Gasteiger partial charge in [0.1, 0.15) is 5.75 Å². The van der Waals surface area contributed by atoms with Crippen molar-refractivity contribution in [1.82, 2.24) is 0 Å². The lowest BCUT2D eigenvalue weighted by Crippen LogP contribution is -2.05. The van der Waals surface area contributed by atoms with Crippen LogP contribution in [-0.2, 0) is 6.42 Å². The lowest BCUT2D eigenvalue weighted by Gasteiger charge is -2.09. The molecular weight excluding hydrogens is 150 g/mol. The van der Waals surface area contributed by atoms with Gasteiger partial charge in [0.25, 0.3) is 0 Å². The maximum atomic E-state index is 9.42. The molecule has 0 radical (unpaired) electrons. The van der Waals surface area contributed by atoms with Crippen LogP contribution in [0.1, 0.15) is 31.0 Å². The van der Waals surface area contributed by atoms with Crippen molar-refractivity contribution >= 4 is 0 Å². The lowest BCUT2D eigenvalue weighted by atomic mass is 10.0. The van der Waals surface area contributed by atoms with E-state index in [9.17, 15) is 5.11 Å². The molecule has 2 heteroatoms. The molecule has 0 bridgehead atoms. The Bertz CT molecular complexity index is 269. The molecule has 0 fully saturated rings. The Balaban J connectivity index is 3.08. The third-order valence-electron chi connectivity index (χ3n) is 1.99. The van der Waals surface area contributed by atoms with E-state index in [0.29, 0.717) is 5.75 Å². The third kappa shape index (κ3) is 1.77. The van der Waals surface area contributed by atoms with Gasteiger partial charge in [0.05, 0.1) is 0 Å². The Morgan fingerprint density at radius 2 is 2.17 bits per heavy atom. The molecule has 1 aromatic carbocycles. The van der Waals surface area contributed by atoms with Crippen LogP contribution in [0.15, 0.2) is 18.2 Å². The van der Waals surface area contributed by atoms with Crippen LogP contribution in [0.2, 0.25) is 0 Å². The van der Waals surface area contributed by atoms with Crippen molar-refractivity contribution in [2.45, 2.75) is 26.3 Å². The zero-order valence-corrected chi connectivity index (χ0v) is 7.54. The van der Waals surface area contributed by atoms with Crippen molar-refractivity contribution in [2.24, 2.45) is 5.73 Å². The zero-order valence-electron chi connectivity index (χ0n) is 7.54. The molecule has 0 unspecified atom stereocenters. The zero-order chi connectivity index (χ0) is 9.14. The van der Waals surface area contributed by atoms with Gasteiger partial charge >= 0.3 is 0 Å². The first-order valence-electron chi connectivity index (χ1n) is 4.22. The van der Waals surface area contributed by atoms with Crippen molar-refractivity contribution in [3.05, 3.63) is 29.3 Å². The minimum absolute atomic E-state index is 0.100. The first kappa shape index (κ1) is 9.07. The molecule has 0 spiro atoms. The minimum Gasteiger partial charge on any atom is -0.508 e. The Hall–Kier alpha value is -1.02. The van der Waals surface area contributed by atoms with Crippen molar-refractivity contribution in [1.29, 1.82) is 0 Å². The standard InChI is InChI=1S/C10H15NO/c1-3-8-4-5-10(12)9(6-8)7(2)11/h4-7,12H,3,11H2,1-2H3/t7-/m1/s1. The SMILES string of the molecule is CCc1ccc(O)c([C@@H](C)N)c1. The molecule has 1 rings (SSSR count). The number of hydrogen-bond donors (Lipinski definition) is 2. The van der Waals surface area contributed by atoms with Crippen LogP contribution in [0.3, 0.4) is 0 Å². The number of benzene rings is 1. The molecule has 1 atom stereocenters. The highest BCUT2D eigenvalue weighted by atomic mass is 16.3. The molecule has 0 saturated heterocycles. The third-order valence-corrected chi connectivity index (χ3v) is 1.99. The smallest absolute Gasteiger partial charge is 0.120 e. The van der Waals surface area contributed by atoms with Gasteiger partial charge < -0.3 is 10.8 Å². The first-order chi connectivity index (χ1) is 5.65. The summed E-state index contributed by atoms with van der Waals surface area (Å²) in [6, 6.07) is 5.48. The van der Waals surface area contributed by atoms with E-state index in [2.05, 4.69) is 6.92 Å². The van der Waals surface area contributed by atoms with Crippen LogP contribution >= 0.6 is 0 Å². The maximum Gasteiger partial charge on any atom is 0.120 e. The van der Waals surface area contributed by atoms with Gasteiger partial charge in [-0.3, -0.25) is 0 Å². The van der Waals surface area contributed by atoms with Crippen LogP contribution in [0.4, 0.5) is 0 Å². The molecule has 0 aliphatic carbocycles. The molecule has 0 aromatic heterocycles. The Labute approximate surface area is 73.0 Å². The molecule has 3 N–H and O–H groups in total. The van der Waals surface area contributed by atoms with Crippen LogP contribution in [0.25, 0.3) is 0 Å². The van der Waals surface area contributed by atoms with Crippen LogP contribution < -0.4 is 5.73 Å². The second-order valence-corrected chi connectivity index (χ2v) is 3.04. The predicted molar refractivity (Wildman–Crippen MR) is 50.1 cm³/mol. The minimum atomic E-state index is -0.100. The summed E-state index contributed by atoms with van der Waals surface area (Å²) in [4.78, 5) is 0. The van der Waals surface area contributed by atoms with Crippen molar-refractivity contribution in [3.63, 3.8) is 0 Å². The second kappa shape index (κ2) is 3.59. The number of hydrogen-bond acceptors (Lipinski definition) is 2. The van der Waals surface area contributed by atoms with E-state index in [1.165, 1.54) is 5.56 Å². The fourth-order valence-corrected chi connectivity index (χ4v) is 1.19. The van der Waals surface area contributed by atoms with Gasteiger partial charge in [0, 0.05) is 11.6 Å². The van der Waals surface area contributed by atoms with E-state index in [1.54, 1.807) is 6.07 Å². The summed E-state index contributed by atoms with van der Waals surface area (Å²) in [5.41, 5.74) is 7.71. The van der Waals surface area contributed by atoms with Gasteiger partial charge in [-0.2, -0.15) is 0 Å². The van der Waals surface area contributed by atoms with E-state index in [1.807, 2.05) is 19.1 Å². The maximum absolute atomic E-state index is 9.42. The Morgan fingerprint density at radius 1 is 1.50 bits per heavy atom. The van der Waals surface area contributed by atoms with Gasteiger partial charge in [-0.25, -0.2) is 0 Å². The van der Waals surface area contributed by atoms with Crippen molar-refractivity contribution < 1.29 is 5.11 Å². The molecular formula is C10H15NO. The summed E-state index contributed by atoms with van der Waals surface area (Å²) in [6.45, 7) is 3.95. The van der Waals surface area contributed by atoms with E-state index >= 15 is 0 Å². The van der Waals surface area contributed by atoms with Crippen LogP contribution in [0, 0.1) is 0 Å². The Kier molecular flexibility index (Phi) is 2.71. The topological polar surface area (TPSA) is 46.2 Å². The number of aryl methyl sites for hydroxylation is 1. The number of nitrogens with two attached hydrogens (primary N) is 1. The van der Waals surface area contributed by atoms with Crippen molar-refractivity contribution in [2.75, 3.05) is 0 Å².